The number of benzene rings is 2. The number of anilines is 1. The fourth-order valence-corrected chi connectivity index (χ4v) is 3.30. The molecule has 0 saturated carbocycles. The third kappa shape index (κ3) is 4.15. The highest BCUT2D eigenvalue weighted by atomic mass is 35.5. The number of halogens is 1. The Bertz CT molecular complexity index is 976. The first kappa shape index (κ1) is 18.2. The SMILES string of the molecule is Cc1c(C(=O)Nc2ccc(OCc3ccc(Cl)cc3)cc2)sc(=O)n1C. The highest BCUT2D eigenvalue weighted by molar-refractivity contribution is 7.11. The number of hydrogen-bond donors (Lipinski definition) is 1. The number of carbonyl (C=O) groups is 1. The quantitative estimate of drug-likeness (QED) is 0.711. The summed E-state index contributed by atoms with van der Waals surface area (Å²) >= 11 is 6.80. The van der Waals surface area contributed by atoms with E-state index < -0.39 is 0 Å². The lowest BCUT2D eigenvalue weighted by atomic mass is 10.2. The van der Waals surface area contributed by atoms with Crippen LogP contribution in [0.4, 0.5) is 5.69 Å². The second-order valence-electron chi connectivity index (χ2n) is 5.74. The van der Waals surface area contributed by atoms with Crippen molar-refractivity contribution >= 4 is 34.5 Å². The van der Waals surface area contributed by atoms with Crippen LogP contribution >= 0.6 is 22.9 Å². The Hall–Kier alpha value is -2.57. The van der Waals surface area contributed by atoms with Crippen molar-refractivity contribution in [3.8, 4) is 5.75 Å². The van der Waals surface area contributed by atoms with Crippen molar-refractivity contribution in [2.75, 3.05) is 5.32 Å². The van der Waals surface area contributed by atoms with Crippen molar-refractivity contribution < 1.29 is 9.53 Å². The van der Waals surface area contributed by atoms with Gasteiger partial charge >= 0.3 is 4.87 Å². The van der Waals surface area contributed by atoms with Crippen molar-refractivity contribution in [3.63, 3.8) is 0 Å². The van der Waals surface area contributed by atoms with E-state index >= 15 is 0 Å². The minimum Gasteiger partial charge on any atom is -0.489 e. The molecule has 3 rings (SSSR count). The molecule has 1 aromatic heterocycles. The van der Waals surface area contributed by atoms with Crippen LogP contribution in [0.25, 0.3) is 0 Å². The van der Waals surface area contributed by atoms with E-state index in [0.29, 0.717) is 33.6 Å². The number of hydrogen-bond acceptors (Lipinski definition) is 4. The van der Waals surface area contributed by atoms with Crippen molar-refractivity contribution in [2.45, 2.75) is 13.5 Å². The summed E-state index contributed by atoms with van der Waals surface area (Å²) in [5.41, 5.74) is 2.30. The predicted octanol–water partition coefficient (Wildman–Crippen LogP) is 4.24. The Kier molecular flexibility index (Phi) is 5.44. The first-order valence-corrected chi connectivity index (χ1v) is 9.08. The summed E-state index contributed by atoms with van der Waals surface area (Å²) in [6.45, 7) is 2.18. The molecule has 3 aromatic rings. The number of nitrogens with one attached hydrogen (secondary N) is 1. The molecule has 2 aromatic carbocycles. The van der Waals surface area contributed by atoms with Gasteiger partial charge in [-0.25, -0.2) is 0 Å². The van der Waals surface area contributed by atoms with Crippen molar-refractivity contribution in [1.82, 2.24) is 4.57 Å². The number of nitrogens with zero attached hydrogens (tertiary/aromatic N) is 1. The molecule has 1 N–H and O–H groups in total. The summed E-state index contributed by atoms with van der Waals surface area (Å²) < 4.78 is 7.18. The van der Waals surface area contributed by atoms with E-state index in [9.17, 15) is 9.59 Å². The zero-order valence-electron chi connectivity index (χ0n) is 14.3. The van der Waals surface area contributed by atoms with Gasteiger partial charge < -0.3 is 14.6 Å². The number of aromatic nitrogens is 1. The second-order valence-corrected chi connectivity index (χ2v) is 7.13. The standard InChI is InChI=1S/C19H17ClN2O3S/c1-12-17(26-19(24)22(12)2)18(23)21-15-7-9-16(10-8-15)25-11-13-3-5-14(20)6-4-13/h3-10H,11H2,1-2H3,(H,21,23). The van der Waals surface area contributed by atoms with Crippen molar-refractivity contribution in [2.24, 2.45) is 7.05 Å². The summed E-state index contributed by atoms with van der Waals surface area (Å²) in [6, 6.07) is 14.5. The molecule has 0 radical (unpaired) electrons. The van der Waals surface area contributed by atoms with E-state index in [1.165, 1.54) is 4.57 Å². The van der Waals surface area contributed by atoms with Gasteiger partial charge in [-0.15, -0.1) is 0 Å². The molecular formula is C19H17ClN2O3S. The summed E-state index contributed by atoms with van der Waals surface area (Å²) in [7, 11) is 1.65. The van der Waals surface area contributed by atoms with Gasteiger partial charge in [0.25, 0.3) is 5.91 Å². The van der Waals surface area contributed by atoms with Crippen LogP contribution < -0.4 is 14.9 Å². The second kappa shape index (κ2) is 7.76. The molecule has 0 unspecified atom stereocenters. The van der Waals surface area contributed by atoms with Crippen LogP contribution in [0.3, 0.4) is 0 Å². The van der Waals surface area contributed by atoms with Crippen molar-refractivity contribution in [1.29, 1.82) is 0 Å². The molecule has 7 heteroatoms. The molecule has 0 fully saturated rings. The highest BCUT2D eigenvalue weighted by Gasteiger charge is 2.15. The summed E-state index contributed by atoms with van der Waals surface area (Å²) in [6.07, 6.45) is 0. The first-order chi connectivity index (χ1) is 12.4. The van der Waals surface area contributed by atoms with Crippen LogP contribution in [0, 0.1) is 6.92 Å². The van der Waals surface area contributed by atoms with Crippen LogP contribution in [0.5, 0.6) is 5.75 Å². The smallest absolute Gasteiger partial charge is 0.307 e. The van der Waals surface area contributed by atoms with Crippen LogP contribution in [0.1, 0.15) is 20.9 Å². The molecule has 134 valence electrons. The normalized spacial score (nSPS) is 10.6. The molecule has 0 bridgehead atoms. The monoisotopic (exact) mass is 388 g/mol. The fourth-order valence-electron chi connectivity index (χ4n) is 2.30. The molecule has 5 nitrogen and oxygen atoms in total. The van der Waals surface area contributed by atoms with E-state index in [2.05, 4.69) is 5.32 Å². The maximum Gasteiger partial charge on any atom is 0.307 e. The third-order valence-electron chi connectivity index (χ3n) is 3.93. The minimum atomic E-state index is -0.292. The zero-order valence-corrected chi connectivity index (χ0v) is 15.9. The molecule has 0 aliphatic carbocycles. The third-order valence-corrected chi connectivity index (χ3v) is 5.32. The zero-order chi connectivity index (χ0) is 18.7. The average molecular weight is 389 g/mol. The van der Waals surface area contributed by atoms with Crippen LogP contribution in [0.2, 0.25) is 5.02 Å². The van der Waals surface area contributed by atoms with Gasteiger partial charge in [-0.1, -0.05) is 35.1 Å². The molecule has 26 heavy (non-hydrogen) atoms. The van der Waals surface area contributed by atoms with E-state index in [-0.39, 0.29) is 10.8 Å². The lowest BCUT2D eigenvalue weighted by Crippen LogP contribution is -2.12. The number of ether oxygens (including phenoxy) is 1. The van der Waals surface area contributed by atoms with Gasteiger partial charge in [-0.3, -0.25) is 9.59 Å². The number of thiazole rings is 1. The van der Waals surface area contributed by atoms with E-state index in [1.807, 2.05) is 24.3 Å². The molecule has 0 aliphatic heterocycles. The number of carbonyl (C=O) groups excluding carboxylic acids is 1. The van der Waals surface area contributed by atoms with Gasteiger partial charge in [0.15, 0.2) is 0 Å². The molecule has 0 aliphatic rings. The lowest BCUT2D eigenvalue weighted by Gasteiger charge is -2.08. The molecular weight excluding hydrogens is 372 g/mol. The summed E-state index contributed by atoms with van der Waals surface area (Å²) in [4.78, 5) is 24.2. The number of amides is 1. The van der Waals surface area contributed by atoms with Gasteiger partial charge in [0.05, 0.1) is 0 Å². The Morgan fingerprint density at radius 1 is 1.15 bits per heavy atom. The number of rotatable bonds is 5. The Balaban J connectivity index is 1.62. The van der Waals surface area contributed by atoms with Gasteiger partial charge in [0, 0.05) is 23.5 Å². The molecule has 1 heterocycles. The lowest BCUT2D eigenvalue weighted by molar-refractivity contribution is 0.102. The summed E-state index contributed by atoms with van der Waals surface area (Å²) in [5.74, 6) is 0.401. The average Bonchev–Trinajstić information content (AvgIpc) is 2.90. The van der Waals surface area contributed by atoms with E-state index in [1.54, 1.807) is 38.2 Å². The largest absolute Gasteiger partial charge is 0.489 e. The van der Waals surface area contributed by atoms with Gasteiger partial charge in [-0.2, -0.15) is 0 Å². The van der Waals surface area contributed by atoms with Crippen LogP contribution in [-0.4, -0.2) is 10.5 Å². The van der Waals surface area contributed by atoms with Gasteiger partial charge in [0.2, 0.25) is 0 Å². The molecule has 0 spiro atoms. The Morgan fingerprint density at radius 2 is 1.81 bits per heavy atom. The van der Waals surface area contributed by atoms with Gasteiger partial charge in [-0.05, 0) is 48.9 Å². The van der Waals surface area contributed by atoms with Crippen LogP contribution in [-0.2, 0) is 13.7 Å². The maximum absolute atomic E-state index is 12.3. The Labute approximate surface area is 159 Å². The summed E-state index contributed by atoms with van der Waals surface area (Å²) in [5, 5.41) is 3.48. The minimum absolute atomic E-state index is 0.154. The van der Waals surface area contributed by atoms with Gasteiger partial charge in [0.1, 0.15) is 17.2 Å². The molecule has 1 amide bonds. The van der Waals surface area contributed by atoms with Crippen LogP contribution in [0.15, 0.2) is 53.3 Å². The van der Waals surface area contributed by atoms with E-state index in [4.69, 9.17) is 16.3 Å². The highest BCUT2D eigenvalue weighted by Crippen LogP contribution is 2.19. The van der Waals surface area contributed by atoms with E-state index in [0.717, 1.165) is 16.9 Å². The first-order valence-electron chi connectivity index (χ1n) is 7.89. The maximum atomic E-state index is 12.3. The van der Waals surface area contributed by atoms with Crippen molar-refractivity contribution in [3.05, 3.63) is 79.4 Å². The Morgan fingerprint density at radius 3 is 2.38 bits per heavy atom. The topological polar surface area (TPSA) is 60.3 Å². The molecule has 0 atom stereocenters. The predicted molar refractivity (Wildman–Crippen MR) is 104 cm³/mol. The fraction of sp³-hybridized carbons (Fsp3) is 0.158. The molecule has 0 saturated heterocycles.